The zero-order valence-electron chi connectivity index (χ0n) is 9.36. The number of hydrazine groups is 2. The van der Waals surface area contributed by atoms with Gasteiger partial charge in [0.1, 0.15) is 0 Å². The highest BCUT2D eigenvalue weighted by molar-refractivity contribution is 5.43. The van der Waals surface area contributed by atoms with E-state index >= 15 is 0 Å². The van der Waals surface area contributed by atoms with Gasteiger partial charge in [-0.3, -0.25) is 11.3 Å². The summed E-state index contributed by atoms with van der Waals surface area (Å²) in [6.45, 7) is 0. The van der Waals surface area contributed by atoms with Gasteiger partial charge < -0.3 is 5.01 Å². The van der Waals surface area contributed by atoms with Crippen LogP contribution < -0.4 is 16.3 Å². The molecule has 0 saturated heterocycles. The molecule has 0 aliphatic carbocycles. The number of rotatable bonds is 2. The first-order valence-electron chi connectivity index (χ1n) is 4.46. The second-order valence-electron chi connectivity index (χ2n) is 3.00. The lowest BCUT2D eigenvalue weighted by Gasteiger charge is -2.26. The normalized spacial score (nSPS) is 9.29. The third-order valence-corrected chi connectivity index (χ3v) is 1.73. The molecule has 0 aliphatic heterocycles. The summed E-state index contributed by atoms with van der Waals surface area (Å²) in [5, 5.41) is 4.12. The first kappa shape index (κ1) is 12.9. The van der Waals surface area contributed by atoms with E-state index < -0.39 is 0 Å². The van der Waals surface area contributed by atoms with E-state index in [0.717, 1.165) is 0 Å². The van der Waals surface area contributed by atoms with Gasteiger partial charge in [-0.15, -0.1) is 0 Å². The maximum Gasteiger partial charge on any atom is 0.0518 e. The first-order valence-corrected chi connectivity index (χ1v) is 4.46. The van der Waals surface area contributed by atoms with Gasteiger partial charge in [0.05, 0.1) is 5.69 Å². The van der Waals surface area contributed by atoms with Crippen LogP contribution in [0.3, 0.4) is 0 Å². The number of nitrogens with zero attached hydrogens (tertiary/aromatic N) is 2. The summed E-state index contributed by atoms with van der Waals surface area (Å²) in [7, 11) is 7.73. The fourth-order valence-electron chi connectivity index (χ4n) is 0.875. The number of anilines is 1. The minimum Gasteiger partial charge on any atom is -0.309 e. The van der Waals surface area contributed by atoms with Crippen molar-refractivity contribution in [2.75, 3.05) is 33.2 Å². The van der Waals surface area contributed by atoms with Crippen molar-refractivity contribution >= 4 is 5.69 Å². The van der Waals surface area contributed by atoms with E-state index in [9.17, 15) is 0 Å². The van der Waals surface area contributed by atoms with E-state index in [1.807, 2.05) is 44.4 Å². The fourth-order valence-corrected chi connectivity index (χ4v) is 0.875. The maximum atomic E-state index is 4.60. The Kier molecular flexibility index (Phi) is 6.74. The van der Waals surface area contributed by atoms with Gasteiger partial charge in [-0.1, -0.05) is 18.2 Å². The summed E-state index contributed by atoms with van der Waals surface area (Å²) >= 11 is 0. The van der Waals surface area contributed by atoms with Gasteiger partial charge in [-0.05, 0) is 19.2 Å². The van der Waals surface area contributed by atoms with E-state index in [2.05, 4.69) is 28.4 Å². The summed E-state index contributed by atoms with van der Waals surface area (Å²) in [6.07, 6.45) is 0. The molecule has 0 bridgehead atoms. The van der Waals surface area contributed by atoms with E-state index in [0.29, 0.717) is 0 Å². The van der Waals surface area contributed by atoms with Crippen LogP contribution in [0, 0.1) is 0 Å². The van der Waals surface area contributed by atoms with Gasteiger partial charge in [0.2, 0.25) is 0 Å². The molecule has 4 heteroatoms. The first-order chi connectivity index (χ1) is 6.63. The zero-order valence-corrected chi connectivity index (χ0v) is 9.36. The zero-order chi connectivity index (χ0) is 11.0. The molecule has 14 heavy (non-hydrogen) atoms. The summed E-state index contributed by atoms with van der Waals surface area (Å²) in [6, 6.07) is 10.3. The Morgan fingerprint density at radius 3 is 1.86 bits per heavy atom. The van der Waals surface area contributed by atoms with Crippen LogP contribution in [0.25, 0.3) is 0 Å². The number of nitrogens with two attached hydrogens (primary N) is 1. The number of nitrogens with one attached hydrogen (secondary N) is 1. The Labute approximate surface area is 86.2 Å². The molecule has 0 aliphatic rings. The van der Waals surface area contributed by atoms with Gasteiger partial charge in [0.25, 0.3) is 0 Å². The maximum absolute atomic E-state index is 4.60. The highest BCUT2D eigenvalue weighted by Gasteiger charge is 1.99. The summed E-state index contributed by atoms with van der Waals surface area (Å²) in [5.41, 5.74) is 3.46. The van der Waals surface area contributed by atoms with Gasteiger partial charge in [-0.25, -0.2) is 5.01 Å². The van der Waals surface area contributed by atoms with Crippen LogP contribution >= 0.6 is 0 Å². The average Bonchev–Trinajstić information content (AvgIpc) is 2.19. The molecule has 1 rings (SSSR count). The second kappa shape index (κ2) is 7.32. The van der Waals surface area contributed by atoms with E-state index in [4.69, 9.17) is 0 Å². The van der Waals surface area contributed by atoms with Crippen molar-refractivity contribution < 1.29 is 0 Å². The Hall–Kier alpha value is -1.10. The summed E-state index contributed by atoms with van der Waals surface area (Å²) in [5.74, 6) is 4.60. The second-order valence-corrected chi connectivity index (χ2v) is 3.00. The lowest BCUT2D eigenvalue weighted by Crippen LogP contribution is -2.32. The number of para-hydroxylation sites is 1. The van der Waals surface area contributed by atoms with Gasteiger partial charge >= 0.3 is 0 Å². The molecule has 0 amide bonds. The molecule has 0 heterocycles. The van der Waals surface area contributed by atoms with Crippen LogP contribution in [-0.4, -0.2) is 33.2 Å². The third-order valence-electron chi connectivity index (χ3n) is 1.73. The summed E-state index contributed by atoms with van der Waals surface area (Å²) < 4.78 is 0. The molecule has 0 saturated carbocycles. The fraction of sp³-hybridized carbons (Fsp3) is 0.400. The van der Waals surface area contributed by atoms with Crippen molar-refractivity contribution in [3.63, 3.8) is 0 Å². The molecule has 0 aromatic heterocycles. The van der Waals surface area contributed by atoms with Crippen molar-refractivity contribution in [1.29, 1.82) is 0 Å². The van der Waals surface area contributed by atoms with Crippen molar-refractivity contribution in [1.82, 2.24) is 10.4 Å². The molecule has 80 valence electrons. The SMILES string of the molecule is CN(C)N(C)c1ccccc1.CNN. The Balaban J connectivity index is 0.000000500. The van der Waals surface area contributed by atoms with Crippen molar-refractivity contribution in [3.05, 3.63) is 30.3 Å². The average molecular weight is 196 g/mol. The minimum absolute atomic E-state index is 1.21. The Morgan fingerprint density at radius 1 is 1.07 bits per heavy atom. The molecule has 0 spiro atoms. The topological polar surface area (TPSA) is 44.5 Å². The molecule has 0 unspecified atom stereocenters. The highest BCUT2D eigenvalue weighted by Crippen LogP contribution is 2.10. The quantitative estimate of drug-likeness (QED) is 0.539. The predicted molar refractivity (Wildman–Crippen MR) is 61.8 cm³/mol. The van der Waals surface area contributed by atoms with Crippen LogP contribution in [-0.2, 0) is 0 Å². The van der Waals surface area contributed by atoms with E-state index in [1.165, 1.54) is 5.69 Å². The number of hydrogen-bond acceptors (Lipinski definition) is 4. The molecule has 0 fully saturated rings. The van der Waals surface area contributed by atoms with Crippen molar-refractivity contribution in [2.24, 2.45) is 5.84 Å². The molecule has 0 radical (unpaired) electrons. The third kappa shape index (κ3) is 4.81. The number of hydrogen-bond donors (Lipinski definition) is 2. The Bertz CT molecular complexity index is 223. The molecule has 1 aromatic carbocycles. The standard InChI is InChI=1S/C9H14N2.CH6N2/c1-10(2)11(3)9-7-5-4-6-8-9;1-3-2/h4-8H,1-3H3;3H,2H2,1H3. The van der Waals surface area contributed by atoms with Gasteiger partial charge in [-0.2, -0.15) is 0 Å². The lowest BCUT2D eigenvalue weighted by molar-refractivity contribution is 0.397. The van der Waals surface area contributed by atoms with Crippen LogP contribution in [0.15, 0.2) is 30.3 Å². The van der Waals surface area contributed by atoms with Crippen molar-refractivity contribution in [2.45, 2.75) is 0 Å². The van der Waals surface area contributed by atoms with Crippen LogP contribution in [0.2, 0.25) is 0 Å². The minimum atomic E-state index is 1.21. The van der Waals surface area contributed by atoms with Crippen LogP contribution in [0.4, 0.5) is 5.69 Å². The van der Waals surface area contributed by atoms with Gasteiger partial charge in [0.15, 0.2) is 0 Å². The smallest absolute Gasteiger partial charge is 0.0518 e. The lowest BCUT2D eigenvalue weighted by atomic mass is 10.3. The molecule has 4 nitrogen and oxygen atoms in total. The molecular weight excluding hydrogens is 176 g/mol. The molecule has 1 aromatic rings. The molecule has 0 atom stereocenters. The number of benzene rings is 1. The van der Waals surface area contributed by atoms with E-state index in [1.54, 1.807) is 7.05 Å². The molecular formula is C10H20N4. The molecule has 3 N–H and O–H groups in total. The van der Waals surface area contributed by atoms with Crippen molar-refractivity contribution in [3.8, 4) is 0 Å². The summed E-state index contributed by atoms with van der Waals surface area (Å²) in [4.78, 5) is 0. The van der Waals surface area contributed by atoms with Crippen LogP contribution in [0.5, 0.6) is 0 Å². The largest absolute Gasteiger partial charge is 0.309 e. The Morgan fingerprint density at radius 2 is 1.50 bits per heavy atom. The van der Waals surface area contributed by atoms with Crippen LogP contribution in [0.1, 0.15) is 0 Å². The van der Waals surface area contributed by atoms with Gasteiger partial charge in [0, 0.05) is 21.1 Å². The monoisotopic (exact) mass is 196 g/mol. The predicted octanol–water partition coefficient (Wildman–Crippen LogP) is 0.679. The van der Waals surface area contributed by atoms with E-state index in [-0.39, 0.29) is 0 Å². The highest BCUT2D eigenvalue weighted by atomic mass is 15.6.